The smallest absolute Gasteiger partial charge is 0.223 e. The molecule has 0 heterocycles. The summed E-state index contributed by atoms with van der Waals surface area (Å²) in [5.74, 6) is 0.649. The number of hydrogen-bond acceptors (Lipinski definition) is 3. The lowest BCUT2D eigenvalue weighted by Gasteiger charge is -2.13. The SMILES string of the molecule is C[C@@H](O)c1cc(Br)ccc1OCCC(=O)NC1CC1. The molecule has 1 aliphatic rings. The van der Waals surface area contributed by atoms with Crippen molar-refractivity contribution in [1.29, 1.82) is 0 Å². The molecule has 1 saturated carbocycles. The lowest BCUT2D eigenvalue weighted by Crippen LogP contribution is -2.26. The van der Waals surface area contributed by atoms with Crippen molar-refractivity contribution in [3.8, 4) is 5.75 Å². The number of halogens is 1. The molecular formula is C14H18BrNO3. The van der Waals surface area contributed by atoms with Gasteiger partial charge in [0.2, 0.25) is 5.91 Å². The highest BCUT2D eigenvalue weighted by Crippen LogP contribution is 2.28. The lowest BCUT2D eigenvalue weighted by atomic mass is 10.1. The van der Waals surface area contributed by atoms with Crippen molar-refractivity contribution in [3.05, 3.63) is 28.2 Å². The molecule has 0 aromatic heterocycles. The molecule has 0 unspecified atom stereocenters. The predicted octanol–water partition coefficient (Wildman–Crippen LogP) is 2.55. The van der Waals surface area contributed by atoms with Gasteiger partial charge >= 0.3 is 0 Å². The molecule has 2 N–H and O–H groups in total. The summed E-state index contributed by atoms with van der Waals surface area (Å²) >= 11 is 3.36. The first-order valence-corrected chi connectivity index (χ1v) is 7.25. The molecule has 0 bridgehead atoms. The Bertz CT molecular complexity index is 458. The van der Waals surface area contributed by atoms with Crippen molar-refractivity contribution in [2.45, 2.75) is 38.3 Å². The van der Waals surface area contributed by atoms with Crippen LogP contribution in [0.2, 0.25) is 0 Å². The Labute approximate surface area is 121 Å². The molecule has 0 saturated heterocycles. The minimum absolute atomic E-state index is 0.0261. The zero-order valence-electron chi connectivity index (χ0n) is 10.9. The molecule has 5 heteroatoms. The number of hydrogen-bond donors (Lipinski definition) is 2. The number of nitrogens with one attached hydrogen (secondary N) is 1. The molecule has 19 heavy (non-hydrogen) atoms. The van der Waals surface area contributed by atoms with Gasteiger partial charge in [-0.2, -0.15) is 0 Å². The molecule has 1 amide bonds. The van der Waals surface area contributed by atoms with E-state index in [1.807, 2.05) is 12.1 Å². The molecule has 1 aliphatic carbocycles. The summed E-state index contributed by atoms with van der Waals surface area (Å²) < 4.78 is 6.48. The highest BCUT2D eigenvalue weighted by molar-refractivity contribution is 9.10. The van der Waals surface area contributed by atoms with Crippen molar-refractivity contribution in [2.24, 2.45) is 0 Å². The van der Waals surface area contributed by atoms with Crippen LogP contribution >= 0.6 is 15.9 Å². The third-order valence-corrected chi connectivity index (χ3v) is 3.44. The quantitative estimate of drug-likeness (QED) is 0.844. The zero-order valence-corrected chi connectivity index (χ0v) is 12.4. The molecule has 1 aromatic rings. The fraction of sp³-hybridized carbons (Fsp3) is 0.500. The number of ether oxygens (including phenoxy) is 1. The van der Waals surface area contributed by atoms with Gasteiger partial charge in [0.05, 0.1) is 19.1 Å². The third kappa shape index (κ3) is 4.51. The third-order valence-electron chi connectivity index (χ3n) is 2.95. The van der Waals surface area contributed by atoms with Crippen molar-refractivity contribution < 1.29 is 14.6 Å². The van der Waals surface area contributed by atoms with Gasteiger partial charge in [-0.05, 0) is 38.0 Å². The summed E-state index contributed by atoms with van der Waals surface area (Å²) in [6, 6.07) is 5.86. The number of aliphatic hydroxyl groups excluding tert-OH is 1. The van der Waals surface area contributed by atoms with Gasteiger partial charge in [0.1, 0.15) is 5.75 Å². The molecule has 0 aliphatic heterocycles. The largest absolute Gasteiger partial charge is 0.493 e. The molecule has 4 nitrogen and oxygen atoms in total. The van der Waals surface area contributed by atoms with E-state index in [-0.39, 0.29) is 5.91 Å². The summed E-state index contributed by atoms with van der Waals surface area (Å²) in [4.78, 5) is 11.5. The number of carbonyl (C=O) groups is 1. The van der Waals surface area contributed by atoms with E-state index in [4.69, 9.17) is 4.74 Å². The van der Waals surface area contributed by atoms with Gasteiger partial charge in [0, 0.05) is 16.1 Å². The maximum Gasteiger partial charge on any atom is 0.223 e. The van der Waals surface area contributed by atoms with Crippen LogP contribution in [-0.4, -0.2) is 23.7 Å². The molecule has 1 aromatic carbocycles. The number of amides is 1. The lowest BCUT2D eigenvalue weighted by molar-refractivity contribution is -0.121. The summed E-state index contributed by atoms with van der Waals surface area (Å²) in [7, 11) is 0. The molecular weight excluding hydrogens is 310 g/mol. The van der Waals surface area contributed by atoms with E-state index in [1.54, 1.807) is 13.0 Å². The summed E-state index contributed by atoms with van der Waals surface area (Å²) in [5, 5.41) is 12.6. The monoisotopic (exact) mass is 327 g/mol. The van der Waals surface area contributed by atoms with E-state index in [0.717, 1.165) is 22.9 Å². The maximum atomic E-state index is 11.5. The minimum atomic E-state index is -0.604. The standard InChI is InChI=1S/C14H18BrNO3/c1-9(17)12-8-10(15)2-5-13(12)19-7-6-14(18)16-11-3-4-11/h2,5,8-9,11,17H,3-4,6-7H2,1H3,(H,16,18)/t9-/m1/s1. The summed E-state index contributed by atoms with van der Waals surface area (Å²) in [5.41, 5.74) is 0.719. The first-order chi connectivity index (χ1) is 9.06. The Balaban J connectivity index is 1.86. The molecule has 104 valence electrons. The number of carbonyl (C=O) groups excluding carboxylic acids is 1. The van der Waals surface area contributed by atoms with Gasteiger partial charge in [-0.25, -0.2) is 0 Å². The van der Waals surface area contributed by atoms with Gasteiger partial charge in [-0.3, -0.25) is 4.79 Å². The van der Waals surface area contributed by atoms with Crippen LogP contribution in [0.4, 0.5) is 0 Å². The van der Waals surface area contributed by atoms with E-state index in [0.29, 0.717) is 24.8 Å². The van der Waals surface area contributed by atoms with Gasteiger partial charge in [0.15, 0.2) is 0 Å². The van der Waals surface area contributed by atoms with Crippen LogP contribution in [0, 0.1) is 0 Å². The Kier molecular flexibility index (Phi) is 4.82. The van der Waals surface area contributed by atoms with Crippen LogP contribution in [-0.2, 0) is 4.79 Å². The van der Waals surface area contributed by atoms with Crippen molar-refractivity contribution in [3.63, 3.8) is 0 Å². The summed E-state index contributed by atoms with van der Waals surface area (Å²) in [6.45, 7) is 2.01. The number of rotatable bonds is 6. The highest BCUT2D eigenvalue weighted by Gasteiger charge is 2.22. The highest BCUT2D eigenvalue weighted by atomic mass is 79.9. The van der Waals surface area contributed by atoms with Crippen LogP contribution in [0.1, 0.15) is 37.9 Å². The Morgan fingerprint density at radius 1 is 1.58 bits per heavy atom. The van der Waals surface area contributed by atoms with Crippen molar-refractivity contribution >= 4 is 21.8 Å². The van der Waals surface area contributed by atoms with Crippen LogP contribution in [0.3, 0.4) is 0 Å². The normalized spacial score (nSPS) is 15.9. The zero-order chi connectivity index (χ0) is 13.8. The molecule has 1 atom stereocenters. The van der Waals surface area contributed by atoms with Gasteiger partial charge < -0.3 is 15.2 Å². The van der Waals surface area contributed by atoms with Gasteiger partial charge in [-0.1, -0.05) is 15.9 Å². The molecule has 0 spiro atoms. The van der Waals surface area contributed by atoms with Crippen LogP contribution in [0.5, 0.6) is 5.75 Å². The average Bonchev–Trinajstić information content (AvgIpc) is 3.14. The average molecular weight is 328 g/mol. The molecule has 2 rings (SSSR count). The number of aliphatic hydroxyl groups is 1. The fourth-order valence-corrected chi connectivity index (χ4v) is 2.14. The Morgan fingerprint density at radius 3 is 2.95 bits per heavy atom. The molecule has 1 fully saturated rings. The molecule has 0 radical (unpaired) electrons. The van der Waals surface area contributed by atoms with E-state index < -0.39 is 6.10 Å². The number of benzene rings is 1. The van der Waals surface area contributed by atoms with E-state index in [2.05, 4.69) is 21.2 Å². The van der Waals surface area contributed by atoms with E-state index >= 15 is 0 Å². The maximum absolute atomic E-state index is 11.5. The second kappa shape index (κ2) is 6.39. The Hall–Kier alpha value is -1.07. The van der Waals surface area contributed by atoms with Crippen LogP contribution in [0.25, 0.3) is 0 Å². The fourth-order valence-electron chi connectivity index (χ4n) is 1.76. The summed E-state index contributed by atoms with van der Waals surface area (Å²) in [6.07, 6.45) is 1.91. The van der Waals surface area contributed by atoms with Gasteiger partial charge in [0.25, 0.3) is 0 Å². The Morgan fingerprint density at radius 2 is 2.32 bits per heavy atom. The van der Waals surface area contributed by atoms with Crippen molar-refractivity contribution in [1.82, 2.24) is 5.32 Å². The van der Waals surface area contributed by atoms with E-state index in [1.165, 1.54) is 0 Å². The van der Waals surface area contributed by atoms with Crippen LogP contribution < -0.4 is 10.1 Å². The second-order valence-electron chi connectivity index (χ2n) is 4.80. The predicted molar refractivity (Wildman–Crippen MR) is 76.1 cm³/mol. The van der Waals surface area contributed by atoms with Gasteiger partial charge in [-0.15, -0.1) is 0 Å². The van der Waals surface area contributed by atoms with Crippen LogP contribution in [0.15, 0.2) is 22.7 Å². The van der Waals surface area contributed by atoms with Crippen molar-refractivity contribution in [2.75, 3.05) is 6.61 Å². The minimum Gasteiger partial charge on any atom is -0.493 e. The first kappa shape index (κ1) is 14.3. The first-order valence-electron chi connectivity index (χ1n) is 6.46. The topological polar surface area (TPSA) is 58.6 Å². The second-order valence-corrected chi connectivity index (χ2v) is 5.71. The van der Waals surface area contributed by atoms with E-state index in [9.17, 15) is 9.90 Å².